The molecule has 0 aliphatic carbocycles. The molecule has 1 aromatic carbocycles. The van der Waals surface area contributed by atoms with Crippen molar-refractivity contribution in [1.82, 2.24) is 15.3 Å². The van der Waals surface area contributed by atoms with Crippen LogP contribution in [0, 0.1) is 0 Å². The number of aromatic nitrogens is 2. The normalized spacial score (nSPS) is 16.8. The highest BCUT2D eigenvalue weighted by atomic mass is 16.2. The van der Waals surface area contributed by atoms with E-state index in [0.717, 1.165) is 11.1 Å². The highest BCUT2D eigenvalue weighted by molar-refractivity contribution is 5.82. The molecule has 1 aliphatic rings. The van der Waals surface area contributed by atoms with Crippen molar-refractivity contribution in [2.45, 2.75) is 45.1 Å². The maximum absolute atomic E-state index is 12.9. The Hall–Kier alpha value is -3.67. The van der Waals surface area contributed by atoms with E-state index >= 15 is 0 Å². The molecule has 32 heavy (non-hydrogen) atoms. The van der Waals surface area contributed by atoms with E-state index in [2.05, 4.69) is 48.2 Å². The molecule has 2 aromatic heterocycles. The lowest BCUT2D eigenvalue weighted by Gasteiger charge is -2.20. The summed E-state index contributed by atoms with van der Waals surface area (Å²) in [6, 6.07) is 15.0. The second-order valence-electron chi connectivity index (χ2n) is 9.15. The van der Waals surface area contributed by atoms with Crippen LogP contribution in [0.5, 0.6) is 0 Å². The van der Waals surface area contributed by atoms with E-state index in [1.54, 1.807) is 18.2 Å². The van der Waals surface area contributed by atoms with Gasteiger partial charge in [-0.2, -0.15) is 0 Å². The van der Waals surface area contributed by atoms with Gasteiger partial charge in [0.05, 0.1) is 11.1 Å². The largest absolute Gasteiger partial charge is 0.350 e. The zero-order valence-electron chi connectivity index (χ0n) is 18.5. The molecule has 0 bridgehead atoms. The number of amides is 1. The summed E-state index contributed by atoms with van der Waals surface area (Å²) >= 11 is 0. The first kappa shape index (κ1) is 21.6. The van der Waals surface area contributed by atoms with Crippen molar-refractivity contribution >= 4 is 11.5 Å². The SMILES string of the molecule is CC(C)(C)c1ccc(/C(=C/[C@H]2CCC(=O)N2)c2ccc(-c3ccc[nH]c3=O)c(=O)[nH]2)cc1. The monoisotopic (exact) mass is 429 g/mol. The zero-order chi connectivity index (χ0) is 22.9. The number of rotatable bonds is 4. The van der Waals surface area contributed by atoms with Gasteiger partial charge in [-0.05, 0) is 47.2 Å². The molecule has 0 saturated carbocycles. The fourth-order valence-electron chi connectivity index (χ4n) is 3.93. The highest BCUT2D eigenvalue weighted by Gasteiger charge is 2.21. The smallest absolute Gasteiger partial charge is 0.256 e. The van der Waals surface area contributed by atoms with Crippen LogP contribution < -0.4 is 16.4 Å². The van der Waals surface area contributed by atoms with Crippen molar-refractivity contribution in [3.05, 3.63) is 98.3 Å². The minimum absolute atomic E-state index is 0.0283. The van der Waals surface area contributed by atoms with Crippen molar-refractivity contribution in [3.63, 3.8) is 0 Å². The molecule has 0 unspecified atom stereocenters. The molecule has 4 rings (SSSR count). The lowest BCUT2D eigenvalue weighted by atomic mass is 9.86. The molecule has 3 heterocycles. The summed E-state index contributed by atoms with van der Waals surface area (Å²) in [7, 11) is 0. The first-order valence-corrected chi connectivity index (χ1v) is 10.8. The number of benzene rings is 1. The molecule has 1 aliphatic heterocycles. The summed E-state index contributed by atoms with van der Waals surface area (Å²) in [5, 5.41) is 2.97. The Kier molecular flexibility index (Phi) is 5.70. The maximum atomic E-state index is 12.9. The van der Waals surface area contributed by atoms with Crippen LogP contribution in [-0.2, 0) is 10.2 Å². The Morgan fingerprint density at radius 1 is 0.938 bits per heavy atom. The van der Waals surface area contributed by atoms with Gasteiger partial charge in [-0.3, -0.25) is 14.4 Å². The van der Waals surface area contributed by atoms with Gasteiger partial charge in [0.2, 0.25) is 5.91 Å². The van der Waals surface area contributed by atoms with Crippen molar-refractivity contribution in [3.8, 4) is 11.1 Å². The van der Waals surface area contributed by atoms with Gasteiger partial charge >= 0.3 is 0 Å². The number of pyridine rings is 2. The van der Waals surface area contributed by atoms with Crippen molar-refractivity contribution < 1.29 is 4.79 Å². The number of hydrogen-bond donors (Lipinski definition) is 3. The van der Waals surface area contributed by atoms with Crippen LogP contribution in [0.1, 0.15) is 50.4 Å². The molecular formula is C26H27N3O3. The number of carbonyl (C=O) groups is 1. The summed E-state index contributed by atoms with van der Waals surface area (Å²) < 4.78 is 0. The third kappa shape index (κ3) is 4.49. The third-order valence-corrected chi connectivity index (χ3v) is 5.77. The molecule has 164 valence electrons. The first-order valence-electron chi connectivity index (χ1n) is 10.8. The fourth-order valence-corrected chi connectivity index (χ4v) is 3.93. The summed E-state index contributed by atoms with van der Waals surface area (Å²) in [4.78, 5) is 42.3. The molecule has 1 amide bonds. The summed E-state index contributed by atoms with van der Waals surface area (Å²) in [6.07, 6.45) is 4.73. The molecular weight excluding hydrogens is 402 g/mol. The van der Waals surface area contributed by atoms with E-state index < -0.39 is 0 Å². The quantitative estimate of drug-likeness (QED) is 0.590. The van der Waals surface area contributed by atoms with Crippen LogP contribution >= 0.6 is 0 Å². The van der Waals surface area contributed by atoms with E-state index in [1.807, 2.05) is 24.3 Å². The van der Waals surface area contributed by atoms with Gasteiger partial charge in [-0.15, -0.1) is 0 Å². The third-order valence-electron chi connectivity index (χ3n) is 5.77. The standard InChI is InChI=1S/C26H27N3O3/c1-26(2,3)17-8-6-16(7-9-17)21(15-18-10-13-23(30)28-18)22-12-11-20(25(32)29-22)19-5-4-14-27-24(19)31/h4-9,11-12,14-15,18H,10,13H2,1-3H3,(H,27,31)(H,28,30)(H,29,32)/b21-15-/t18-/m1/s1. The molecule has 0 spiro atoms. The molecule has 3 aromatic rings. The Morgan fingerprint density at radius 3 is 2.25 bits per heavy atom. The molecule has 0 radical (unpaired) electrons. The second-order valence-corrected chi connectivity index (χ2v) is 9.15. The van der Waals surface area contributed by atoms with Crippen molar-refractivity contribution in [2.24, 2.45) is 0 Å². The van der Waals surface area contributed by atoms with Gasteiger partial charge in [0.15, 0.2) is 0 Å². The van der Waals surface area contributed by atoms with Crippen LogP contribution in [0.4, 0.5) is 0 Å². The van der Waals surface area contributed by atoms with Crippen LogP contribution in [-0.4, -0.2) is 21.9 Å². The van der Waals surface area contributed by atoms with E-state index in [1.165, 1.54) is 11.8 Å². The highest BCUT2D eigenvalue weighted by Crippen LogP contribution is 2.28. The summed E-state index contributed by atoms with van der Waals surface area (Å²) in [6.45, 7) is 6.48. The van der Waals surface area contributed by atoms with E-state index in [9.17, 15) is 14.4 Å². The summed E-state index contributed by atoms with van der Waals surface area (Å²) in [5.74, 6) is 0.0285. The fraction of sp³-hybridized carbons (Fsp3) is 0.269. The van der Waals surface area contributed by atoms with Gasteiger partial charge in [-0.1, -0.05) is 51.1 Å². The number of nitrogens with one attached hydrogen (secondary N) is 3. The van der Waals surface area contributed by atoms with E-state index in [4.69, 9.17) is 0 Å². The van der Waals surface area contributed by atoms with Gasteiger partial charge in [0.1, 0.15) is 0 Å². The molecule has 1 fully saturated rings. The zero-order valence-corrected chi connectivity index (χ0v) is 18.5. The Labute approximate surface area is 186 Å². The van der Waals surface area contributed by atoms with Crippen molar-refractivity contribution in [1.29, 1.82) is 0 Å². The number of aromatic amines is 2. The Balaban J connectivity index is 1.78. The number of hydrogen-bond acceptors (Lipinski definition) is 3. The van der Waals surface area contributed by atoms with Crippen LogP contribution in [0.25, 0.3) is 16.7 Å². The lowest BCUT2D eigenvalue weighted by Crippen LogP contribution is -2.24. The summed E-state index contributed by atoms with van der Waals surface area (Å²) in [5.41, 5.74) is 3.64. The van der Waals surface area contributed by atoms with Crippen LogP contribution in [0.3, 0.4) is 0 Å². The second kappa shape index (κ2) is 8.46. The number of H-pyrrole nitrogens is 2. The topological polar surface area (TPSA) is 94.8 Å². The van der Waals surface area contributed by atoms with Gasteiger partial charge in [-0.25, -0.2) is 0 Å². The van der Waals surface area contributed by atoms with E-state index in [0.29, 0.717) is 29.7 Å². The van der Waals surface area contributed by atoms with Crippen molar-refractivity contribution in [2.75, 3.05) is 0 Å². The predicted octanol–water partition coefficient (Wildman–Crippen LogP) is 3.74. The van der Waals surface area contributed by atoms with Gasteiger partial charge in [0.25, 0.3) is 11.1 Å². The average molecular weight is 430 g/mol. The molecule has 1 saturated heterocycles. The Bertz CT molecular complexity index is 1290. The number of carbonyl (C=O) groups excluding carboxylic acids is 1. The maximum Gasteiger partial charge on any atom is 0.256 e. The average Bonchev–Trinajstić information content (AvgIpc) is 3.17. The minimum Gasteiger partial charge on any atom is -0.350 e. The molecule has 6 heteroatoms. The van der Waals surface area contributed by atoms with Crippen LogP contribution in [0.15, 0.2) is 70.4 Å². The van der Waals surface area contributed by atoms with Gasteiger partial charge in [0, 0.05) is 29.9 Å². The van der Waals surface area contributed by atoms with Crippen LogP contribution in [0.2, 0.25) is 0 Å². The first-order chi connectivity index (χ1) is 15.2. The predicted molar refractivity (Wildman–Crippen MR) is 127 cm³/mol. The molecule has 6 nitrogen and oxygen atoms in total. The van der Waals surface area contributed by atoms with E-state index in [-0.39, 0.29) is 28.5 Å². The molecule has 3 N–H and O–H groups in total. The Morgan fingerprint density at radius 2 is 1.66 bits per heavy atom. The van der Waals surface area contributed by atoms with Gasteiger partial charge < -0.3 is 15.3 Å². The molecule has 1 atom stereocenters. The lowest BCUT2D eigenvalue weighted by molar-refractivity contribution is -0.119. The minimum atomic E-state index is -0.341.